The highest BCUT2D eigenvalue weighted by atomic mass is 32.1. The minimum absolute atomic E-state index is 0.106. The number of hydrogen-bond acceptors (Lipinski definition) is 4. The van der Waals surface area contributed by atoms with E-state index in [1.807, 2.05) is 53.9 Å². The maximum absolute atomic E-state index is 12.6. The zero-order valence-electron chi connectivity index (χ0n) is 16.1. The number of aromatic nitrogens is 1. The zero-order chi connectivity index (χ0) is 19.8. The number of amides is 1. The van der Waals surface area contributed by atoms with Crippen LogP contribution < -0.4 is 10.6 Å². The lowest BCUT2D eigenvalue weighted by Gasteiger charge is -2.08. The number of anilines is 2. The molecule has 0 bridgehead atoms. The maximum atomic E-state index is 12.6. The van der Waals surface area contributed by atoms with E-state index in [-0.39, 0.29) is 5.91 Å². The molecule has 144 valence electrons. The van der Waals surface area contributed by atoms with E-state index < -0.39 is 0 Å². The molecule has 0 unspecified atom stereocenters. The highest BCUT2D eigenvalue weighted by Crippen LogP contribution is 2.27. The van der Waals surface area contributed by atoms with Gasteiger partial charge in [-0.05, 0) is 42.7 Å². The van der Waals surface area contributed by atoms with E-state index in [2.05, 4.69) is 29.1 Å². The van der Waals surface area contributed by atoms with Gasteiger partial charge in [0.05, 0.1) is 5.69 Å². The number of aryl methyl sites for hydroxylation is 1. The number of benzene rings is 2. The first-order valence-electron chi connectivity index (χ1n) is 9.50. The summed E-state index contributed by atoms with van der Waals surface area (Å²) in [7, 11) is 0. The molecule has 0 saturated carbocycles. The third kappa shape index (κ3) is 5.30. The van der Waals surface area contributed by atoms with Gasteiger partial charge in [-0.1, -0.05) is 43.7 Å². The second-order valence-electron chi connectivity index (χ2n) is 6.54. The Labute approximate surface area is 170 Å². The molecule has 2 N–H and O–H groups in total. The molecular formula is C23H25N3OS. The fraction of sp³-hybridized carbons (Fsp3) is 0.217. The van der Waals surface area contributed by atoms with Crippen LogP contribution in [0.15, 0.2) is 66.6 Å². The van der Waals surface area contributed by atoms with Crippen LogP contribution in [0.5, 0.6) is 0 Å². The first-order chi connectivity index (χ1) is 13.7. The van der Waals surface area contributed by atoms with Crippen molar-refractivity contribution in [1.82, 2.24) is 4.98 Å². The molecule has 3 rings (SSSR count). The predicted molar refractivity (Wildman–Crippen MR) is 119 cm³/mol. The molecule has 28 heavy (non-hydrogen) atoms. The number of hydrogen-bond donors (Lipinski definition) is 2. The number of rotatable bonds is 9. The van der Waals surface area contributed by atoms with Crippen LogP contribution in [-0.4, -0.2) is 17.4 Å². The number of carbonyl (C=O) groups excluding carboxylic acids is 1. The summed E-state index contributed by atoms with van der Waals surface area (Å²) in [5.41, 5.74) is 4.54. The Morgan fingerprint density at radius 3 is 2.79 bits per heavy atom. The SMILES string of the molecule is C=CCNc1nc(-c2cccc(NC(=O)c3ccc(CCCC)cc3)c2)cs1. The summed E-state index contributed by atoms with van der Waals surface area (Å²) in [6.45, 7) is 6.56. The van der Waals surface area contributed by atoms with Crippen LogP contribution in [0.2, 0.25) is 0 Å². The number of carbonyl (C=O) groups is 1. The highest BCUT2D eigenvalue weighted by molar-refractivity contribution is 7.14. The molecule has 3 aromatic rings. The van der Waals surface area contributed by atoms with Gasteiger partial charge in [0.1, 0.15) is 0 Å². The van der Waals surface area contributed by atoms with Crippen LogP contribution in [0.3, 0.4) is 0 Å². The molecule has 5 heteroatoms. The van der Waals surface area contributed by atoms with Crippen molar-refractivity contribution < 1.29 is 4.79 Å². The number of nitrogens with one attached hydrogen (secondary N) is 2. The van der Waals surface area contributed by atoms with Crippen molar-refractivity contribution in [3.05, 3.63) is 77.7 Å². The summed E-state index contributed by atoms with van der Waals surface area (Å²) >= 11 is 1.55. The maximum Gasteiger partial charge on any atom is 0.255 e. The molecule has 1 heterocycles. The third-order valence-electron chi connectivity index (χ3n) is 4.35. The van der Waals surface area contributed by atoms with Crippen molar-refractivity contribution in [3.8, 4) is 11.3 Å². The topological polar surface area (TPSA) is 54.0 Å². The van der Waals surface area contributed by atoms with E-state index in [1.54, 1.807) is 17.4 Å². The Morgan fingerprint density at radius 1 is 1.21 bits per heavy atom. The summed E-state index contributed by atoms with van der Waals surface area (Å²) in [6, 6.07) is 15.6. The van der Waals surface area contributed by atoms with E-state index in [0.29, 0.717) is 12.1 Å². The fourth-order valence-corrected chi connectivity index (χ4v) is 3.54. The van der Waals surface area contributed by atoms with E-state index in [0.717, 1.165) is 28.5 Å². The van der Waals surface area contributed by atoms with Gasteiger partial charge in [-0.25, -0.2) is 4.98 Å². The second kappa shape index (κ2) is 9.85. The summed E-state index contributed by atoms with van der Waals surface area (Å²) in [5, 5.41) is 9.02. The van der Waals surface area contributed by atoms with Crippen LogP contribution in [0.25, 0.3) is 11.3 Å². The van der Waals surface area contributed by atoms with Gasteiger partial charge < -0.3 is 10.6 Å². The lowest BCUT2D eigenvalue weighted by molar-refractivity contribution is 0.102. The largest absolute Gasteiger partial charge is 0.358 e. The number of thiazole rings is 1. The van der Waals surface area contributed by atoms with Gasteiger partial charge in [0.15, 0.2) is 5.13 Å². The van der Waals surface area contributed by atoms with Crippen molar-refractivity contribution in [2.24, 2.45) is 0 Å². The second-order valence-corrected chi connectivity index (χ2v) is 7.40. The summed E-state index contributed by atoms with van der Waals surface area (Å²) in [6.07, 6.45) is 5.19. The Morgan fingerprint density at radius 2 is 2.04 bits per heavy atom. The molecule has 0 fully saturated rings. The molecule has 0 atom stereocenters. The molecule has 2 aromatic carbocycles. The van der Waals surface area contributed by atoms with Gasteiger partial charge in [-0.3, -0.25) is 4.79 Å². The lowest BCUT2D eigenvalue weighted by Crippen LogP contribution is -2.11. The molecule has 1 amide bonds. The van der Waals surface area contributed by atoms with Gasteiger partial charge >= 0.3 is 0 Å². The normalized spacial score (nSPS) is 10.5. The highest BCUT2D eigenvalue weighted by Gasteiger charge is 2.09. The minimum atomic E-state index is -0.106. The quantitative estimate of drug-likeness (QED) is 0.440. The van der Waals surface area contributed by atoms with Crippen molar-refractivity contribution in [2.75, 3.05) is 17.2 Å². The van der Waals surface area contributed by atoms with Crippen molar-refractivity contribution in [3.63, 3.8) is 0 Å². The van der Waals surface area contributed by atoms with Crippen LogP contribution in [-0.2, 0) is 6.42 Å². The van der Waals surface area contributed by atoms with Crippen molar-refractivity contribution in [1.29, 1.82) is 0 Å². The molecule has 0 aliphatic heterocycles. The van der Waals surface area contributed by atoms with E-state index >= 15 is 0 Å². The lowest BCUT2D eigenvalue weighted by atomic mass is 10.1. The average Bonchev–Trinajstić information content (AvgIpc) is 3.20. The summed E-state index contributed by atoms with van der Waals surface area (Å²) in [4.78, 5) is 17.1. The zero-order valence-corrected chi connectivity index (χ0v) is 16.9. The third-order valence-corrected chi connectivity index (χ3v) is 5.15. The number of nitrogens with zero attached hydrogens (tertiary/aromatic N) is 1. The standard InChI is InChI=1S/C23H25N3OS/c1-3-5-7-17-10-12-18(13-11-17)22(27)25-20-9-6-8-19(15-20)21-16-28-23(26-21)24-14-4-2/h4,6,8-13,15-16H,2-3,5,7,14H2,1H3,(H,24,26)(H,25,27). The Balaban J connectivity index is 1.67. The van der Waals surface area contributed by atoms with Gasteiger partial charge in [0.25, 0.3) is 5.91 Å². The van der Waals surface area contributed by atoms with Gasteiger partial charge in [-0.15, -0.1) is 17.9 Å². The molecule has 0 aliphatic rings. The Bertz CT molecular complexity index is 931. The molecule has 0 saturated heterocycles. The van der Waals surface area contributed by atoms with E-state index in [9.17, 15) is 4.79 Å². The molecule has 0 radical (unpaired) electrons. The monoisotopic (exact) mass is 391 g/mol. The number of unbranched alkanes of at least 4 members (excludes halogenated alkanes) is 1. The van der Waals surface area contributed by atoms with Crippen LogP contribution in [0.4, 0.5) is 10.8 Å². The molecular weight excluding hydrogens is 366 g/mol. The summed E-state index contributed by atoms with van der Waals surface area (Å²) in [5.74, 6) is -0.106. The predicted octanol–water partition coefficient (Wildman–Crippen LogP) is 6.00. The van der Waals surface area contributed by atoms with E-state index in [1.165, 1.54) is 18.4 Å². The molecule has 4 nitrogen and oxygen atoms in total. The molecule has 0 spiro atoms. The van der Waals surface area contributed by atoms with Crippen LogP contribution >= 0.6 is 11.3 Å². The van der Waals surface area contributed by atoms with Crippen molar-refractivity contribution >= 4 is 28.1 Å². The minimum Gasteiger partial charge on any atom is -0.358 e. The van der Waals surface area contributed by atoms with Crippen LogP contribution in [0, 0.1) is 0 Å². The Kier molecular flexibility index (Phi) is 6.98. The summed E-state index contributed by atoms with van der Waals surface area (Å²) < 4.78 is 0. The molecule has 1 aromatic heterocycles. The smallest absolute Gasteiger partial charge is 0.255 e. The van der Waals surface area contributed by atoms with E-state index in [4.69, 9.17) is 0 Å². The first-order valence-corrected chi connectivity index (χ1v) is 10.4. The van der Waals surface area contributed by atoms with Crippen molar-refractivity contribution in [2.45, 2.75) is 26.2 Å². The first kappa shape index (κ1) is 19.8. The average molecular weight is 392 g/mol. The van der Waals surface area contributed by atoms with Gasteiger partial charge in [-0.2, -0.15) is 0 Å². The van der Waals surface area contributed by atoms with Crippen LogP contribution in [0.1, 0.15) is 35.7 Å². The molecule has 0 aliphatic carbocycles. The Hall–Kier alpha value is -2.92. The fourth-order valence-electron chi connectivity index (χ4n) is 2.81. The van der Waals surface area contributed by atoms with Gasteiger partial charge in [0, 0.05) is 28.7 Å². The van der Waals surface area contributed by atoms with Gasteiger partial charge in [0.2, 0.25) is 0 Å².